The third kappa shape index (κ3) is 3.88. The Balaban J connectivity index is 2.06. The molecule has 5 nitrogen and oxygen atoms in total. The number of rotatable bonds is 4. The van der Waals surface area contributed by atoms with E-state index in [0.717, 1.165) is 11.3 Å². The van der Waals surface area contributed by atoms with Crippen LogP contribution >= 0.6 is 0 Å². The quantitative estimate of drug-likeness (QED) is 0.401. The van der Waals surface area contributed by atoms with Gasteiger partial charge >= 0.3 is 0 Å². The summed E-state index contributed by atoms with van der Waals surface area (Å²) in [5.74, 6) is -1.10. The molecule has 0 aliphatic carbocycles. The van der Waals surface area contributed by atoms with Crippen LogP contribution in [0.15, 0.2) is 53.8 Å². The van der Waals surface area contributed by atoms with E-state index in [1.807, 2.05) is 49.3 Å². The molecule has 0 aromatic heterocycles. The van der Waals surface area contributed by atoms with E-state index in [-0.39, 0.29) is 23.7 Å². The van der Waals surface area contributed by atoms with E-state index in [9.17, 15) is 14.7 Å². The third-order valence-corrected chi connectivity index (χ3v) is 3.54. The van der Waals surface area contributed by atoms with Crippen LogP contribution in [0.2, 0.25) is 0 Å². The van der Waals surface area contributed by atoms with E-state index in [0.29, 0.717) is 0 Å². The number of carbonyl (C=O) groups excluding carboxylic acids is 2. The van der Waals surface area contributed by atoms with Gasteiger partial charge in [-0.1, -0.05) is 30.4 Å². The number of Topliss-reactive ketones (excluding diaryl/α,β-unsaturated/α-hetero) is 1. The first kappa shape index (κ1) is 16.5. The number of likely N-dealkylation sites (N-methyl/N-ethyl adjacent to an activating group) is 1. The van der Waals surface area contributed by atoms with Gasteiger partial charge in [0.2, 0.25) is 0 Å². The molecule has 0 unspecified atom stereocenters. The van der Waals surface area contributed by atoms with E-state index in [2.05, 4.69) is 0 Å². The molecule has 1 saturated heterocycles. The lowest BCUT2D eigenvalue weighted by molar-refractivity contribution is -0.123. The normalized spacial score (nSPS) is 17.6. The highest BCUT2D eigenvalue weighted by atomic mass is 16.3. The summed E-state index contributed by atoms with van der Waals surface area (Å²) >= 11 is 0. The van der Waals surface area contributed by atoms with Crippen LogP contribution in [0.25, 0.3) is 6.08 Å². The van der Waals surface area contributed by atoms with Crippen molar-refractivity contribution in [1.82, 2.24) is 4.90 Å². The van der Waals surface area contributed by atoms with E-state index in [1.54, 1.807) is 12.2 Å². The molecular weight excluding hydrogens is 292 g/mol. The van der Waals surface area contributed by atoms with Gasteiger partial charge in [0.1, 0.15) is 11.3 Å². The predicted octanol–water partition coefficient (Wildman–Crippen LogP) is 2.18. The molecule has 120 valence electrons. The average molecular weight is 312 g/mol. The SMILES string of the molecule is CN1CC(=O)\C(=C(O)/C=C/C=C/c2ccc(N(C)C)cc2)C1=O. The van der Waals surface area contributed by atoms with Gasteiger partial charge in [0.15, 0.2) is 5.78 Å². The summed E-state index contributed by atoms with van der Waals surface area (Å²) in [5.41, 5.74) is 1.98. The molecule has 0 atom stereocenters. The minimum absolute atomic E-state index is 0.0140. The molecule has 0 saturated carbocycles. The summed E-state index contributed by atoms with van der Waals surface area (Å²) in [5, 5.41) is 9.89. The van der Waals surface area contributed by atoms with Gasteiger partial charge in [0.25, 0.3) is 5.91 Å². The first-order chi connectivity index (χ1) is 10.9. The number of ketones is 1. The maximum Gasteiger partial charge on any atom is 0.261 e. The van der Waals surface area contributed by atoms with Crippen molar-refractivity contribution in [2.24, 2.45) is 0 Å². The Labute approximate surface area is 135 Å². The zero-order chi connectivity index (χ0) is 17.0. The number of allylic oxidation sites excluding steroid dienone is 3. The summed E-state index contributed by atoms with van der Waals surface area (Å²) in [6, 6.07) is 7.98. The number of likely N-dealkylation sites (tertiary alicyclic amines) is 1. The maximum atomic E-state index is 11.7. The Morgan fingerprint density at radius 3 is 2.35 bits per heavy atom. The lowest BCUT2D eigenvalue weighted by atomic mass is 10.1. The van der Waals surface area contributed by atoms with Crippen LogP contribution in [0.5, 0.6) is 0 Å². The lowest BCUT2D eigenvalue weighted by Gasteiger charge is -2.11. The average Bonchev–Trinajstić information content (AvgIpc) is 2.77. The Hall–Kier alpha value is -2.82. The molecule has 1 heterocycles. The standard InChI is InChI=1S/C18H20N2O3/c1-19(2)14-10-8-13(9-11-14)6-4-5-7-15(21)17-16(22)12-20(3)18(17)23/h4-11,21H,12H2,1-3H3/b6-4+,7-5+,17-15-. The molecule has 2 rings (SSSR count). The van der Waals surface area contributed by atoms with Crippen LogP contribution in [0.3, 0.4) is 0 Å². The molecule has 1 aromatic carbocycles. The second-order valence-electron chi connectivity index (χ2n) is 5.55. The first-order valence-corrected chi connectivity index (χ1v) is 7.24. The third-order valence-electron chi connectivity index (χ3n) is 3.54. The topological polar surface area (TPSA) is 60.9 Å². The fraction of sp³-hybridized carbons (Fsp3) is 0.222. The summed E-state index contributed by atoms with van der Waals surface area (Å²) < 4.78 is 0. The number of carbonyl (C=O) groups is 2. The molecular formula is C18H20N2O3. The van der Waals surface area contributed by atoms with E-state index < -0.39 is 5.91 Å². The molecule has 1 fully saturated rings. The van der Waals surface area contributed by atoms with Crippen LogP contribution < -0.4 is 4.90 Å². The maximum absolute atomic E-state index is 11.7. The van der Waals surface area contributed by atoms with Crippen molar-refractivity contribution in [2.45, 2.75) is 0 Å². The van der Waals surface area contributed by atoms with Gasteiger partial charge in [-0.3, -0.25) is 9.59 Å². The van der Waals surface area contributed by atoms with Crippen LogP contribution in [0.4, 0.5) is 5.69 Å². The van der Waals surface area contributed by atoms with Crippen molar-refractivity contribution in [3.8, 4) is 0 Å². The van der Waals surface area contributed by atoms with Gasteiger partial charge in [0, 0.05) is 26.8 Å². The molecule has 23 heavy (non-hydrogen) atoms. The number of benzene rings is 1. The number of amides is 1. The molecule has 1 aliphatic heterocycles. The van der Waals surface area contributed by atoms with Gasteiger partial charge in [-0.15, -0.1) is 0 Å². The van der Waals surface area contributed by atoms with Crippen molar-refractivity contribution in [3.63, 3.8) is 0 Å². The van der Waals surface area contributed by atoms with Crippen molar-refractivity contribution >= 4 is 23.5 Å². The predicted molar refractivity (Wildman–Crippen MR) is 91.2 cm³/mol. The Bertz CT molecular complexity index is 697. The fourth-order valence-corrected chi connectivity index (χ4v) is 2.21. The van der Waals surface area contributed by atoms with Crippen LogP contribution in [0.1, 0.15) is 5.56 Å². The molecule has 5 heteroatoms. The Morgan fingerprint density at radius 2 is 1.83 bits per heavy atom. The van der Waals surface area contributed by atoms with Crippen LogP contribution in [0, 0.1) is 0 Å². The first-order valence-electron chi connectivity index (χ1n) is 7.24. The number of hydrogen-bond donors (Lipinski definition) is 1. The molecule has 1 aromatic rings. The number of hydrogen-bond acceptors (Lipinski definition) is 4. The molecule has 0 spiro atoms. The number of anilines is 1. The van der Waals surface area contributed by atoms with E-state index in [1.165, 1.54) is 18.0 Å². The molecule has 1 amide bonds. The highest BCUT2D eigenvalue weighted by molar-refractivity contribution is 6.25. The Morgan fingerprint density at radius 1 is 1.17 bits per heavy atom. The summed E-state index contributed by atoms with van der Waals surface area (Å²) in [4.78, 5) is 26.7. The summed E-state index contributed by atoms with van der Waals surface area (Å²) in [6.07, 6.45) is 6.57. The largest absolute Gasteiger partial charge is 0.507 e. The molecule has 0 bridgehead atoms. The molecule has 1 N–H and O–H groups in total. The van der Waals surface area contributed by atoms with Gasteiger partial charge in [-0.25, -0.2) is 0 Å². The van der Waals surface area contributed by atoms with E-state index >= 15 is 0 Å². The minimum atomic E-state index is -0.444. The molecule has 0 radical (unpaired) electrons. The van der Waals surface area contributed by atoms with Crippen molar-refractivity contribution in [3.05, 3.63) is 59.4 Å². The smallest absolute Gasteiger partial charge is 0.261 e. The summed E-state index contributed by atoms with van der Waals surface area (Å²) in [7, 11) is 5.49. The highest BCUT2D eigenvalue weighted by Gasteiger charge is 2.33. The number of aliphatic hydroxyl groups excluding tert-OH is 1. The zero-order valence-electron chi connectivity index (χ0n) is 13.5. The van der Waals surface area contributed by atoms with Crippen molar-refractivity contribution < 1.29 is 14.7 Å². The van der Waals surface area contributed by atoms with E-state index in [4.69, 9.17) is 0 Å². The highest BCUT2D eigenvalue weighted by Crippen LogP contribution is 2.16. The Kier molecular flexibility index (Phi) is 5.01. The number of nitrogens with zero attached hydrogens (tertiary/aromatic N) is 2. The van der Waals surface area contributed by atoms with Crippen LogP contribution in [-0.4, -0.2) is 49.4 Å². The fourth-order valence-electron chi connectivity index (χ4n) is 2.21. The van der Waals surface area contributed by atoms with Gasteiger partial charge in [-0.05, 0) is 23.8 Å². The van der Waals surface area contributed by atoms with Gasteiger partial charge in [0.05, 0.1) is 6.54 Å². The monoisotopic (exact) mass is 312 g/mol. The minimum Gasteiger partial charge on any atom is -0.507 e. The zero-order valence-corrected chi connectivity index (χ0v) is 13.5. The van der Waals surface area contributed by atoms with Crippen molar-refractivity contribution in [1.29, 1.82) is 0 Å². The summed E-state index contributed by atoms with van der Waals surface area (Å²) in [6.45, 7) is 0.0140. The van der Waals surface area contributed by atoms with Gasteiger partial charge in [-0.2, -0.15) is 0 Å². The van der Waals surface area contributed by atoms with Crippen LogP contribution in [-0.2, 0) is 9.59 Å². The second-order valence-corrected chi connectivity index (χ2v) is 5.55. The van der Waals surface area contributed by atoms with Crippen molar-refractivity contribution in [2.75, 3.05) is 32.6 Å². The molecule has 1 aliphatic rings. The van der Waals surface area contributed by atoms with Gasteiger partial charge < -0.3 is 14.9 Å². The second kappa shape index (κ2) is 6.96. The lowest BCUT2D eigenvalue weighted by Crippen LogP contribution is -2.19. The number of aliphatic hydroxyl groups is 1.